The first kappa shape index (κ1) is 19.1. The number of hydrogen-bond donors (Lipinski definition) is 2. The number of methoxy groups -OCH3 is 1. The largest absolute Gasteiger partial charge is 0.497 e. The normalized spacial score (nSPS) is 16.6. The van der Waals surface area contributed by atoms with E-state index in [1.807, 2.05) is 54.7 Å². The van der Waals surface area contributed by atoms with E-state index in [4.69, 9.17) is 4.74 Å². The Morgan fingerprint density at radius 3 is 2.79 bits per heavy atom. The van der Waals surface area contributed by atoms with Crippen molar-refractivity contribution in [3.63, 3.8) is 0 Å². The predicted octanol–water partition coefficient (Wildman–Crippen LogP) is 3.35. The molecule has 1 atom stereocenters. The molecule has 0 aliphatic carbocycles. The average molecular weight is 391 g/mol. The summed E-state index contributed by atoms with van der Waals surface area (Å²) < 4.78 is 5.15. The van der Waals surface area contributed by atoms with Crippen molar-refractivity contribution < 1.29 is 14.3 Å². The van der Waals surface area contributed by atoms with Crippen LogP contribution in [0.4, 0.5) is 0 Å². The Bertz CT molecular complexity index is 1010. The topological polar surface area (TPSA) is 74.4 Å². The Morgan fingerprint density at radius 1 is 1.17 bits per heavy atom. The Kier molecular flexibility index (Phi) is 5.51. The number of amides is 2. The van der Waals surface area contributed by atoms with Gasteiger partial charge in [0, 0.05) is 42.3 Å². The molecule has 1 saturated heterocycles. The van der Waals surface area contributed by atoms with Gasteiger partial charge in [0.05, 0.1) is 13.0 Å². The molecule has 4 rings (SSSR count). The number of H-pyrrole nitrogens is 1. The van der Waals surface area contributed by atoms with E-state index in [1.54, 1.807) is 12.0 Å². The van der Waals surface area contributed by atoms with Crippen LogP contribution >= 0.6 is 0 Å². The minimum atomic E-state index is -0.179. The van der Waals surface area contributed by atoms with Gasteiger partial charge in [0.2, 0.25) is 5.91 Å². The van der Waals surface area contributed by atoms with E-state index in [1.165, 1.54) is 0 Å². The van der Waals surface area contributed by atoms with Crippen LogP contribution in [0.3, 0.4) is 0 Å². The Hall–Kier alpha value is -3.28. The predicted molar refractivity (Wildman–Crippen MR) is 112 cm³/mol. The Morgan fingerprint density at radius 2 is 2.00 bits per heavy atom. The van der Waals surface area contributed by atoms with Gasteiger partial charge in [-0.15, -0.1) is 0 Å². The summed E-state index contributed by atoms with van der Waals surface area (Å²) in [6, 6.07) is 15.3. The number of hydrogen-bond acceptors (Lipinski definition) is 3. The van der Waals surface area contributed by atoms with Crippen molar-refractivity contribution in [2.24, 2.45) is 5.92 Å². The molecule has 1 aliphatic rings. The van der Waals surface area contributed by atoms with E-state index in [-0.39, 0.29) is 17.7 Å². The fourth-order valence-electron chi connectivity index (χ4n) is 3.82. The molecule has 6 heteroatoms. The van der Waals surface area contributed by atoms with Crippen molar-refractivity contribution in [3.8, 4) is 5.75 Å². The van der Waals surface area contributed by atoms with Crippen molar-refractivity contribution in [2.75, 3.05) is 20.2 Å². The summed E-state index contributed by atoms with van der Waals surface area (Å²) in [6.07, 6.45) is 3.50. The molecule has 1 fully saturated rings. The van der Waals surface area contributed by atoms with Crippen LogP contribution in [0.2, 0.25) is 0 Å². The molecule has 1 aromatic heterocycles. The van der Waals surface area contributed by atoms with E-state index in [0.29, 0.717) is 25.2 Å². The van der Waals surface area contributed by atoms with E-state index in [0.717, 1.165) is 35.1 Å². The summed E-state index contributed by atoms with van der Waals surface area (Å²) in [4.78, 5) is 30.5. The molecule has 0 saturated carbocycles. The molecular formula is C23H25N3O3. The summed E-state index contributed by atoms with van der Waals surface area (Å²) in [7, 11) is 1.63. The number of aromatic amines is 1. The first-order valence-electron chi connectivity index (χ1n) is 9.91. The van der Waals surface area contributed by atoms with E-state index in [9.17, 15) is 9.59 Å². The first-order valence-corrected chi connectivity index (χ1v) is 9.91. The average Bonchev–Trinajstić information content (AvgIpc) is 3.25. The molecule has 3 aromatic rings. The highest BCUT2D eigenvalue weighted by molar-refractivity contribution is 5.98. The van der Waals surface area contributed by atoms with Crippen molar-refractivity contribution in [2.45, 2.75) is 19.4 Å². The lowest BCUT2D eigenvalue weighted by Gasteiger charge is -2.32. The van der Waals surface area contributed by atoms with Crippen LogP contribution in [0, 0.1) is 5.92 Å². The molecule has 150 valence electrons. The Labute approximate surface area is 169 Å². The number of nitrogens with one attached hydrogen (secondary N) is 2. The second-order valence-electron chi connectivity index (χ2n) is 7.44. The summed E-state index contributed by atoms with van der Waals surface area (Å²) in [5.41, 5.74) is 2.69. The van der Waals surface area contributed by atoms with Crippen LogP contribution in [-0.2, 0) is 11.3 Å². The maximum atomic E-state index is 12.9. The fourth-order valence-corrected chi connectivity index (χ4v) is 3.82. The quantitative estimate of drug-likeness (QED) is 0.700. The van der Waals surface area contributed by atoms with Gasteiger partial charge < -0.3 is 19.9 Å². The maximum Gasteiger partial charge on any atom is 0.253 e. The van der Waals surface area contributed by atoms with Crippen LogP contribution in [-0.4, -0.2) is 41.9 Å². The van der Waals surface area contributed by atoms with Gasteiger partial charge in [0.25, 0.3) is 5.91 Å². The number of piperidine rings is 1. The molecule has 0 unspecified atom stereocenters. The minimum absolute atomic E-state index is 0.000551. The molecule has 2 amide bonds. The van der Waals surface area contributed by atoms with Gasteiger partial charge in [-0.2, -0.15) is 0 Å². The highest BCUT2D eigenvalue weighted by Gasteiger charge is 2.28. The lowest BCUT2D eigenvalue weighted by Crippen LogP contribution is -2.45. The number of likely N-dealkylation sites (tertiary alicyclic amines) is 1. The van der Waals surface area contributed by atoms with Gasteiger partial charge in [-0.05, 0) is 54.8 Å². The highest BCUT2D eigenvalue weighted by Crippen LogP contribution is 2.21. The molecule has 2 aromatic carbocycles. The number of benzene rings is 2. The second kappa shape index (κ2) is 8.39. The van der Waals surface area contributed by atoms with Crippen LogP contribution in [0.5, 0.6) is 5.75 Å². The number of fused-ring (bicyclic) bond motifs is 1. The van der Waals surface area contributed by atoms with Gasteiger partial charge in [-0.1, -0.05) is 12.1 Å². The van der Waals surface area contributed by atoms with Gasteiger partial charge >= 0.3 is 0 Å². The number of ether oxygens (including phenoxy) is 1. The van der Waals surface area contributed by atoms with Crippen LogP contribution in [0.1, 0.15) is 28.8 Å². The van der Waals surface area contributed by atoms with Crippen molar-refractivity contribution >= 4 is 22.7 Å². The number of carbonyl (C=O) groups is 2. The third-order valence-electron chi connectivity index (χ3n) is 5.51. The molecular weight excluding hydrogens is 366 g/mol. The van der Waals surface area contributed by atoms with Gasteiger partial charge in [-0.3, -0.25) is 9.59 Å². The molecule has 29 heavy (non-hydrogen) atoms. The van der Waals surface area contributed by atoms with Crippen molar-refractivity contribution in [1.82, 2.24) is 15.2 Å². The van der Waals surface area contributed by atoms with Gasteiger partial charge in [-0.25, -0.2) is 0 Å². The van der Waals surface area contributed by atoms with E-state index >= 15 is 0 Å². The third-order valence-corrected chi connectivity index (χ3v) is 5.51. The number of rotatable bonds is 5. The minimum Gasteiger partial charge on any atom is -0.497 e. The zero-order valence-corrected chi connectivity index (χ0v) is 16.5. The first-order chi connectivity index (χ1) is 14.1. The number of carbonyl (C=O) groups excluding carboxylic acids is 2. The third kappa shape index (κ3) is 4.26. The zero-order valence-electron chi connectivity index (χ0n) is 16.5. The summed E-state index contributed by atoms with van der Waals surface area (Å²) >= 11 is 0. The van der Waals surface area contributed by atoms with Crippen molar-refractivity contribution in [1.29, 1.82) is 0 Å². The standard InChI is InChI=1S/C23H25N3O3/c1-29-20-7-4-16(5-8-20)14-25-22(27)19-3-2-12-26(15-19)23(28)18-6-9-21-17(13-18)10-11-24-21/h4-11,13,19,24H,2-3,12,14-15H2,1H3,(H,25,27)/t19-/m1/s1. The number of aromatic nitrogens is 1. The van der Waals surface area contributed by atoms with E-state index in [2.05, 4.69) is 10.3 Å². The SMILES string of the molecule is COc1ccc(CNC(=O)[C@@H]2CCCN(C(=O)c3ccc4[nH]ccc4c3)C2)cc1. The summed E-state index contributed by atoms with van der Waals surface area (Å²) in [5.74, 6) is 0.599. The molecule has 0 spiro atoms. The molecule has 6 nitrogen and oxygen atoms in total. The lowest BCUT2D eigenvalue weighted by atomic mass is 9.96. The highest BCUT2D eigenvalue weighted by atomic mass is 16.5. The van der Waals surface area contributed by atoms with Crippen LogP contribution in [0.15, 0.2) is 54.7 Å². The zero-order chi connectivity index (χ0) is 20.2. The smallest absolute Gasteiger partial charge is 0.253 e. The monoisotopic (exact) mass is 391 g/mol. The molecule has 0 radical (unpaired) electrons. The molecule has 2 heterocycles. The molecule has 0 bridgehead atoms. The van der Waals surface area contributed by atoms with Gasteiger partial charge in [0.1, 0.15) is 5.75 Å². The van der Waals surface area contributed by atoms with E-state index < -0.39 is 0 Å². The molecule has 2 N–H and O–H groups in total. The maximum absolute atomic E-state index is 12.9. The van der Waals surface area contributed by atoms with Crippen molar-refractivity contribution in [3.05, 3.63) is 65.9 Å². The number of nitrogens with zero attached hydrogens (tertiary/aromatic N) is 1. The second-order valence-corrected chi connectivity index (χ2v) is 7.44. The lowest BCUT2D eigenvalue weighted by molar-refractivity contribution is -0.126. The van der Waals surface area contributed by atoms with Gasteiger partial charge in [0.15, 0.2) is 0 Å². The summed E-state index contributed by atoms with van der Waals surface area (Å²) in [6.45, 7) is 1.61. The molecule has 1 aliphatic heterocycles. The van der Waals surface area contributed by atoms with Crippen LogP contribution in [0.25, 0.3) is 10.9 Å². The fraction of sp³-hybridized carbons (Fsp3) is 0.304. The van der Waals surface area contributed by atoms with Crippen LogP contribution < -0.4 is 10.1 Å². The summed E-state index contributed by atoms with van der Waals surface area (Å²) in [5, 5.41) is 4.02. The Balaban J connectivity index is 1.36.